The number of hydrogen-bond acceptors (Lipinski definition) is 6. The second kappa shape index (κ2) is 7.32. The molecule has 0 spiro atoms. The number of sulfonamides is 1. The number of anilines is 1. The fourth-order valence-corrected chi connectivity index (χ4v) is 3.57. The SMILES string of the molecule is CNS(=O)(=O)c1ccc(C)c(C(=O)Nc2ccc(-c3csnn3)cc2)c1. The first-order valence-electron chi connectivity index (χ1n) is 7.64. The van der Waals surface area contributed by atoms with E-state index < -0.39 is 10.0 Å². The maximum absolute atomic E-state index is 12.6. The highest BCUT2D eigenvalue weighted by Crippen LogP contribution is 2.21. The molecule has 2 N–H and O–H groups in total. The minimum absolute atomic E-state index is 0.0436. The molecule has 0 bridgehead atoms. The molecule has 9 heteroatoms. The number of aryl methyl sites for hydroxylation is 1. The molecular formula is C17H16N4O3S2. The molecule has 0 unspecified atom stereocenters. The summed E-state index contributed by atoms with van der Waals surface area (Å²) in [4.78, 5) is 12.6. The quantitative estimate of drug-likeness (QED) is 0.700. The third kappa shape index (κ3) is 3.79. The van der Waals surface area contributed by atoms with Crippen LogP contribution in [-0.2, 0) is 10.0 Å². The van der Waals surface area contributed by atoms with Gasteiger partial charge in [-0.25, -0.2) is 13.1 Å². The Balaban J connectivity index is 1.83. The molecule has 0 radical (unpaired) electrons. The fourth-order valence-electron chi connectivity index (χ4n) is 2.34. The van der Waals surface area contributed by atoms with Crippen molar-refractivity contribution >= 4 is 33.2 Å². The predicted molar refractivity (Wildman–Crippen MR) is 101 cm³/mol. The largest absolute Gasteiger partial charge is 0.322 e. The summed E-state index contributed by atoms with van der Waals surface area (Å²) in [6.45, 7) is 1.75. The summed E-state index contributed by atoms with van der Waals surface area (Å²) in [5.41, 5.74) is 3.25. The highest BCUT2D eigenvalue weighted by Gasteiger charge is 2.16. The van der Waals surface area contributed by atoms with Gasteiger partial charge in [0.25, 0.3) is 5.91 Å². The van der Waals surface area contributed by atoms with Crippen LogP contribution in [-0.4, -0.2) is 31.0 Å². The van der Waals surface area contributed by atoms with Gasteiger partial charge in [-0.1, -0.05) is 22.7 Å². The Morgan fingerprint density at radius 2 is 1.85 bits per heavy atom. The minimum atomic E-state index is -3.62. The molecule has 134 valence electrons. The van der Waals surface area contributed by atoms with Gasteiger partial charge in [0.15, 0.2) is 0 Å². The normalized spacial score (nSPS) is 11.3. The molecule has 0 aliphatic heterocycles. The van der Waals surface area contributed by atoms with Crippen LogP contribution in [0.5, 0.6) is 0 Å². The number of aromatic nitrogens is 2. The van der Waals surface area contributed by atoms with Crippen LogP contribution in [0.3, 0.4) is 0 Å². The van der Waals surface area contributed by atoms with Crippen LogP contribution in [0.25, 0.3) is 11.3 Å². The molecular weight excluding hydrogens is 372 g/mol. The Morgan fingerprint density at radius 1 is 1.12 bits per heavy atom. The van der Waals surface area contributed by atoms with E-state index in [4.69, 9.17) is 0 Å². The lowest BCUT2D eigenvalue weighted by Gasteiger charge is -2.10. The first-order valence-corrected chi connectivity index (χ1v) is 9.96. The molecule has 3 rings (SSSR count). The molecule has 0 aliphatic rings. The number of hydrogen-bond donors (Lipinski definition) is 2. The number of benzene rings is 2. The molecule has 0 aliphatic carbocycles. The van der Waals surface area contributed by atoms with Gasteiger partial charge >= 0.3 is 0 Å². The summed E-state index contributed by atoms with van der Waals surface area (Å²) in [7, 11) is -2.29. The average Bonchev–Trinajstić information content (AvgIpc) is 3.17. The lowest BCUT2D eigenvalue weighted by molar-refractivity contribution is 0.102. The number of carbonyl (C=O) groups excluding carboxylic acids is 1. The highest BCUT2D eigenvalue weighted by atomic mass is 32.2. The van der Waals surface area contributed by atoms with Crippen LogP contribution in [0.1, 0.15) is 15.9 Å². The van der Waals surface area contributed by atoms with E-state index >= 15 is 0 Å². The van der Waals surface area contributed by atoms with Crippen molar-refractivity contribution in [1.29, 1.82) is 0 Å². The zero-order chi connectivity index (χ0) is 18.7. The van der Waals surface area contributed by atoms with Crippen molar-refractivity contribution in [3.05, 3.63) is 59.0 Å². The summed E-state index contributed by atoms with van der Waals surface area (Å²) in [6, 6.07) is 11.6. The van der Waals surface area contributed by atoms with E-state index in [1.807, 2.05) is 17.5 Å². The Labute approximate surface area is 155 Å². The molecule has 0 fully saturated rings. The van der Waals surface area contributed by atoms with E-state index in [1.54, 1.807) is 25.1 Å². The monoisotopic (exact) mass is 388 g/mol. The molecule has 26 heavy (non-hydrogen) atoms. The molecule has 2 aromatic carbocycles. The lowest BCUT2D eigenvalue weighted by Crippen LogP contribution is -2.20. The number of nitrogens with zero attached hydrogens (tertiary/aromatic N) is 2. The van der Waals surface area contributed by atoms with Crippen LogP contribution >= 0.6 is 11.5 Å². The van der Waals surface area contributed by atoms with Crippen molar-refractivity contribution in [2.75, 3.05) is 12.4 Å². The number of rotatable bonds is 5. The topological polar surface area (TPSA) is 101 Å². The smallest absolute Gasteiger partial charge is 0.255 e. The van der Waals surface area contributed by atoms with Crippen molar-refractivity contribution in [1.82, 2.24) is 14.3 Å². The molecule has 1 amide bonds. The van der Waals surface area contributed by atoms with Crippen molar-refractivity contribution in [2.45, 2.75) is 11.8 Å². The average molecular weight is 388 g/mol. The molecule has 0 saturated heterocycles. The van der Waals surface area contributed by atoms with E-state index in [9.17, 15) is 13.2 Å². The van der Waals surface area contributed by atoms with Gasteiger partial charge in [0.05, 0.1) is 4.90 Å². The minimum Gasteiger partial charge on any atom is -0.322 e. The van der Waals surface area contributed by atoms with Gasteiger partial charge in [-0.15, -0.1) is 5.10 Å². The van der Waals surface area contributed by atoms with Gasteiger partial charge in [0.2, 0.25) is 10.0 Å². The van der Waals surface area contributed by atoms with Gasteiger partial charge in [-0.05, 0) is 55.3 Å². The van der Waals surface area contributed by atoms with Gasteiger partial charge in [-0.2, -0.15) is 0 Å². The molecule has 1 aromatic heterocycles. The van der Waals surface area contributed by atoms with Crippen LogP contribution < -0.4 is 10.0 Å². The molecule has 0 saturated carbocycles. The summed E-state index contributed by atoms with van der Waals surface area (Å²) in [5.74, 6) is -0.376. The maximum atomic E-state index is 12.6. The van der Waals surface area contributed by atoms with Gasteiger partial charge in [-0.3, -0.25) is 4.79 Å². The van der Waals surface area contributed by atoms with E-state index in [0.29, 0.717) is 16.8 Å². The predicted octanol–water partition coefficient (Wildman–Crippen LogP) is 2.67. The Kier molecular flexibility index (Phi) is 5.12. The van der Waals surface area contributed by atoms with Gasteiger partial charge in [0, 0.05) is 22.2 Å². The Morgan fingerprint density at radius 3 is 2.46 bits per heavy atom. The third-order valence-corrected chi connectivity index (χ3v) is 5.75. The van der Waals surface area contributed by atoms with Crippen LogP contribution in [0, 0.1) is 6.92 Å². The van der Waals surface area contributed by atoms with Crippen molar-refractivity contribution in [2.24, 2.45) is 0 Å². The summed E-state index contributed by atoms with van der Waals surface area (Å²) >= 11 is 1.27. The molecule has 3 aromatic rings. The van der Waals surface area contributed by atoms with Gasteiger partial charge < -0.3 is 5.32 Å². The van der Waals surface area contributed by atoms with E-state index in [2.05, 4.69) is 19.6 Å². The van der Waals surface area contributed by atoms with E-state index in [0.717, 1.165) is 11.3 Å². The van der Waals surface area contributed by atoms with Crippen molar-refractivity contribution in [3.8, 4) is 11.3 Å². The zero-order valence-corrected chi connectivity index (χ0v) is 15.7. The highest BCUT2D eigenvalue weighted by molar-refractivity contribution is 7.89. The molecule has 1 heterocycles. The summed E-state index contributed by atoms with van der Waals surface area (Å²) in [6.07, 6.45) is 0. The van der Waals surface area contributed by atoms with Crippen molar-refractivity contribution in [3.63, 3.8) is 0 Å². The Hall–Kier alpha value is -2.62. The molecule has 0 atom stereocenters. The Bertz CT molecular complexity index is 1030. The standard InChI is InChI=1S/C17H16N4O3S2/c1-11-3-8-14(26(23,24)18-2)9-15(11)17(22)19-13-6-4-12(5-7-13)16-10-25-21-20-16/h3-10,18H,1-2H3,(H,19,22). The lowest BCUT2D eigenvalue weighted by atomic mass is 10.1. The fraction of sp³-hybridized carbons (Fsp3) is 0.118. The third-order valence-electron chi connectivity index (χ3n) is 3.83. The number of amides is 1. The summed E-state index contributed by atoms with van der Waals surface area (Å²) in [5, 5.41) is 8.61. The zero-order valence-electron chi connectivity index (χ0n) is 14.1. The van der Waals surface area contributed by atoms with Crippen LogP contribution in [0.4, 0.5) is 5.69 Å². The van der Waals surface area contributed by atoms with Crippen LogP contribution in [0.15, 0.2) is 52.7 Å². The molecule has 7 nitrogen and oxygen atoms in total. The van der Waals surface area contributed by atoms with Gasteiger partial charge in [0.1, 0.15) is 5.69 Å². The second-order valence-electron chi connectivity index (χ2n) is 5.51. The van der Waals surface area contributed by atoms with Crippen LogP contribution in [0.2, 0.25) is 0 Å². The van der Waals surface area contributed by atoms with E-state index in [-0.39, 0.29) is 10.8 Å². The first-order chi connectivity index (χ1) is 12.4. The van der Waals surface area contributed by atoms with Crippen molar-refractivity contribution < 1.29 is 13.2 Å². The summed E-state index contributed by atoms with van der Waals surface area (Å²) < 4.78 is 29.9. The second-order valence-corrected chi connectivity index (χ2v) is 8.00. The number of nitrogens with one attached hydrogen (secondary N) is 2. The number of carbonyl (C=O) groups is 1. The van der Waals surface area contributed by atoms with E-state index in [1.165, 1.54) is 30.7 Å². The first kappa shape index (κ1) is 18.2. The maximum Gasteiger partial charge on any atom is 0.255 e.